The molecule has 9 heteroatoms. The molecule has 0 spiro atoms. The van der Waals surface area contributed by atoms with Crippen LogP contribution in [-0.4, -0.2) is 26.5 Å². The van der Waals surface area contributed by atoms with Crippen molar-refractivity contribution >= 4 is 27.3 Å². The first-order chi connectivity index (χ1) is 9.42. The summed E-state index contributed by atoms with van der Waals surface area (Å²) in [6.07, 6.45) is 0. The van der Waals surface area contributed by atoms with Crippen LogP contribution in [0.3, 0.4) is 0 Å². The van der Waals surface area contributed by atoms with Gasteiger partial charge in [-0.15, -0.1) is 11.3 Å². The number of aryl methyl sites for hydroxylation is 1. The molecular weight excluding hydrogens is 302 g/mol. The molecule has 2 heterocycles. The number of hydrogen-bond donors (Lipinski definition) is 2. The van der Waals surface area contributed by atoms with Crippen LogP contribution in [0, 0.1) is 6.92 Å². The van der Waals surface area contributed by atoms with Gasteiger partial charge in [-0.05, 0) is 26.1 Å². The lowest BCUT2D eigenvalue weighted by Gasteiger charge is -2.00. The van der Waals surface area contributed by atoms with Crippen molar-refractivity contribution in [3.63, 3.8) is 0 Å². The Kier molecular flexibility index (Phi) is 4.21. The first kappa shape index (κ1) is 14.7. The van der Waals surface area contributed by atoms with Crippen LogP contribution in [0.25, 0.3) is 0 Å². The molecule has 2 rings (SSSR count). The molecule has 0 aliphatic carbocycles. The van der Waals surface area contributed by atoms with E-state index in [1.807, 2.05) is 0 Å². The van der Waals surface area contributed by atoms with Crippen LogP contribution in [0.1, 0.15) is 21.1 Å². The maximum atomic E-state index is 11.7. The lowest BCUT2D eigenvalue weighted by molar-refractivity contribution is 0.0914. The van der Waals surface area contributed by atoms with Gasteiger partial charge in [-0.1, -0.05) is 5.16 Å². The van der Waals surface area contributed by atoms with Crippen LogP contribution in [0.15, 0.2) is 26.9 Å². The van der Waals surface area contributed by atoms with Crippen LogP contribution in [-0.2, 0) is 16.6 Å². The molecule has 0 aliphatic heterocycles. The number of carbonyl (C=O) groups is 1. The van der Waals surface area contributed by atoms with Crippen LogP contribution in [0.2, 0.25) is 0 Å². The van der Waals surface area contributed by atoms with E-state index in [1.54, 1.807) is 13.0 Å². The van der Waals surface area contributed by atoms with E-state index < -0.39 is 15.9 Å². The topological polar surface area (TPSA) is 101 Å². The van der Waals surface area contributed by atoms with Gasteiger partial charge in [0.05, 0.1) is 12.2 Å². The molecule has 2 aromatic rings. The minimum atomic E-state index is -3.44. The molecule has 0 aromatic carbocycles. The van der Waals surface area contributed by atoms with Crippen molar-refractivity contribution < 1.29 is 17.7 Å². The van der Waals surface area contributed by atoms with Gasteiger partial charge in [0.2, 0.25) is 15.8 Å². The summed E-state index contributed by atoms with van der Waals surface area (Å²) in [7, 11) is -2.09. The number of rotatable bonds is 5. The fourth-order valence-corrected chi connectivity index (χ4v) is 3.56. The van der Waals surface area contributed by atoms with Gasteiger partial charge in [-0.25, -0.2) is 13.1 Å². The van der Waals surface area contributed by atoms with E-state index in [0.29, 0.717) is 5.69 Å². The minimum absolute atomic E-state index is 0.127. The highest BCUT2D eigenvalue weighted by molar-refractivity contribution is 7.91. The van der Waals surface area contributed by atoms with Crippen LogP contribution < -0.4 is 10.0 Å². The van der Waals surface area contributed by atoms with Crippen molar-refractivity contribution in [3.8, 4) is 0 Å². The second-order valence-electron chi connectivity index (χ2n) is 3.94. The monoisotopic (exact) mass is 315 g/mol. The third kappa shape index (κ3) is 3.24. The Bertz CT molecular complexity index is 718. The standard InChI is InChI=1S/C11H13N3O4S2/c1-7-5-9(18-14-7)11(15)13-6-8-3-4-10(19-8)20(16,17)12-2/h3-5,12H,6H2,1-2H3,(H,13,15). The van der Waals surface area contributed by atoms with Gasteiger partial charge in [0.15, 0.2) is 0 Å². The molecular formula is C11H13N3O4S2. The Hall–Kier alpha value is -1.71. The Morgan fingerprint density at radius 1 is 1.45 bits per heavy atom. The zero-order valence-corrected chi connectivity index (χ0v) is 12.5. The zero-order chi connectivity index (χ0) is 14.8. The predicted octanol–water partition coefficient (Wildman–Crippen LogP) is 0.883. The molecule has 0 fully saturated rings. The van der Waals surface area contributed by atoms with E-state index in [-0.39, 0.29) is 16.5 Å². The normalized spacial score (nSPS) is 11.5. The first-order valence-corrected chi connectivity index (χ1v) is 7.96. The number of sulfonamides is 1. The van der Waals surface area contributed by atoms with Crippen molar-refractivity contribution in [2.75, 3.05) is 7.05 Å². The molecule has 7 nitrogen and oxygen atoms in total. The van der Waals surface area contributed by atoms with E-state index >= 15 is 0 Å². The number of thiophene rings is 1. The molecule has 1 amide bonds. The van der Waals surface area contributed by atoms with Crippen molar-refractivity contribution in [1.29, 1.82) is 0 Å². The number of aromatic nitrogens is 1. The maximum absolute atomic E-state index is 11.7. The molecule has 0 bridgehead atoms. The largest absolute Gasteiger partial charge is 0.351 e. The molecule has 0 atom stereocenters. The Balaban J connectivity index is 2.00. The van der Waals surface area contributed by atoms with Crippen LogP contribution in [0.4, 0.5) is 0 Å². The van der Waals surface area contributed by atoms with Gasteiger partial charge in [0.1, 0.15) is 4.21 Å². The summed E-state index contributed by atoms with van der Waals surface area (Å²) in [5, 5.41) is 6.25. The Morgan fingerprint density at radius 3 is 2.80 bits per heavy atom. The lowest BCUT2D eigenvalue weighted by Crippen LogP contribution is -2.21. The number of amides is 1. The van der Waals surface area contributed by atoms with Crippen molar-refractivity contribution in [1.82, 2.24) is 15.2 Å². The smallest absolute Gasteiger partial charge is 0.290 e. The van der Waals surface area contributed by atoms with Gasteiger partial charge in [-0.3, -0.25) is 4.79 Å². The van der Waals surface area contributed by atoms with E-state index in [0.717, 1.165) is 16.2 Å². The number of hydrogen-bond acceptors (Lipinski definition) is 6. The molecule has 2 aromatic heterocycles. The summed E-state index contributed by atoms with van der Waals surface area (Å²) in [5.41, 5.74) is 0.619. The summed E-state index contributed by atoms with van der Waals surface area (Å²) >= 11 is 1.10. The van der Waals surface area contributed by atoms with Gasteiger partial charge in [0.25, 0.3) is 5.91 Å². The highest BCUT2D eigenvalue weighted by Crippen LogP contribution is 2.21. The molecule has 0 saturated heterocycles. The highest BCUT2D eigenvalue weighted by Gasteiger charge is 2.15. The second-order valence-corrected chi connectivity index (χ2v) is 7.23. The molecule has 0 saturated carbocycles. The second kappa shape index (κ2) is 5.73. The average Bonchev–Trinajstić information content (AvgIpc) is 3.05. The summed E-state index contributed by atoms with van der Waals surface area (Å²) in [6, 6.07) is 4.68. The van der Waals surface area contributed by atoms with Gasteiger partial charge < -0.3 is 9.84 Å². The van der Waals surface area contributed by atoms with Crippen LogP contribution >= 0.6 is 11.3 Å². The summed E-state index contributed by atoms with van der Waals surface area (Å²) in [4.78, 5) is 12.4. The van der Waals surface area contributed by atoms with Crippen molar-refractivity contribution in [2.45, 2.75) is 17.7 Å². The molecule has 0 aliphatic rings. The number of nitrogens with one attached hydrogen (secondary N) is 2. The molecule has 0 unspecified atom stereocenters. The fraction of sp³-hybridized carbons (Fsp3) is 0.273. The highest BCUT2D eigenvalue weighted by atomic mass is 32.2. The minimum Gasteiger partial charge on any atom is -0.351 e. The SMILES string of the molecule is CNS(=O)(=O)c1ccc(CNC(=O)c2cc(C)no2)s1. The van der Waals surface area contributed by atoms with Gasteiger partial charge in [0, 0.05) is 10.9 Å². The molecule has 108 valence electrons. The zero-order valence-electron chi connectivity index (χ0n) is 10.8. The quantitative estimate of drug-likeness (QED) is 0.853. The maximum Gasteiger partial charge on any atom is 0.290 e. The number of nitrogens with zero attached hydrogens (tertiary/aromatic N) is 1. The molecule has 0 radical (unpaired) electrons. The Labute approximate surface area is 120 Å². The molecule has 2 N–H and O–H groups in total. The molecule has 20 heavy (non-hydrogen) atoms. The predicted molar refractivity (Wildman–Crippen MR) is 73.0 cm³/mol. The summed E-state index contributed by atoms with van der Waals surface area (Å²) in [6.45, 7) is 1.94. The van der Waals surface area contributed by atoms with Crippen molar-refractivity contribution in [2.24, 2.45) is 0 Å². The van der Waals surface area contributed by atoms with Gasteiger partial charge >= 0.3 is 0 Å². The van der Waals surface area contributed by atoms with Crippen LogP contribution in [0.5, 0.6) is 0 Å². The Morgan fingerprint density at radius 2 is 2.20 bits per heavy atom. The lowest BCUT2D eigenvalue weighted by atomic mass is 10.3. The summed E-state index contributed by atoms with van der Waals surface area (Å²) < 4.78 is 30.4. The van der Waals surface area contributed by atoms with E-state index in [2.05, 4.69) is 15.2 Å². The fourth-order valence-electron chi connectivity index (χ4n) is 1.42. The number of carbonyl (C=O) groups excluding carboxylic acids is 1. The van der Waals surface area contributed by atoms with Crippen molar-refractivity contribution in [3.05, 3.63) is 34.5 Å². The third-order valence-corrected chi connectivity index (χ3v) is 5.44. The van der Waals surface area contributed by atoms with E-state index in [4.69, 9.17) is 4.52 Å². The van der Waals surface area contributed by atoms with Gasteiger partial charge in [-0.2, -0.15) is 0 Å². The summed E-state index contributed by atoms with van der Waals surface area (Å²) in [5.74, 6) is -0.265. The van der Waals surface area contributed by atoms with E-state index in [9.17, 15) is 13.2 Å². The first-order valence-electron chi connectivity index (χ1n) is 5.66. The third-order valence-electron chi connectivity index (χ3n) is 2.45. The average molecular weight is 315 g/mol. The van der Waals surface area contributed by atoms with E-state index in [1.165, 1.54) is 19.2 Å².